The lowest BCUT2D eigenvalue weighted by atomic mass is 10.0. The molecule has 0 bridgehead atoms. The summed E-state index contributed by atoms with van der Waals surface area (Å²) in [6, 6.07) is 12.1. The van der Waals surface area contributed by atoms with Gasteiger partial charge >= 0.3 is 0 Å². The summed E-state index contributed by atoms with van der Waals surface area (Å²) < 4.78 is 0. The molecule has 3 nitrogen and oxygen atoms in total. The summed E-state index contributed by atoms with van der Waals surface area (Å²) in [5, 5.41) is 12.2. The van der Waals surface area contributed by atoms with E-state index < -0.39 is 0 Å². The summed E-state index contributed by atoms with van der Waals surface area (Å²) in [5.74, 6) is 0. The minimum Gasteiger partial charge on any atom is -0.304 e. The van der Waals surface area contributed by atoms with E-state index in [-0.39, 0.29) is 6.04 Å². The third kappa shape index (κ3) is 3.52. The van der Waals surface area contributed by atoms with Crippen molar-refractivity contribution in [2.45, 2.75) is 25.9 Å². The topological polar surface area (TPSA) is 37.8 Å². The molecule has 4 heteroatoms. The molecule has 0 saturated carbocycles. The van der Waals surface area contributed by atoms with Gasteiger partial charge in [-0.1, -0.05) is 30.7 Å². The molecule has 2 rings (SSSR count). The normalized spacial score (nSPS) is 12.3. The minimum absolute atomic E-state index is 0.283. The number of nitrogens with zero attached hydrogens (tertiary/aromatic N) is 2. The van der Waals surface area contributed by atoms with Gasteiger partial charge in [-0.15, -0.1) is 0 Å². The molecule has 0 fully saturated rings. The Morgan fingerprint density at radius 1 is 1.28 bits per heavy atom. The zero-order chi connectivity index (χ0) is 12.8. The maximum Gasteiger partial charge on any atom is 0.0769 e. The van der Waals surface area contributed by atoms with Crippen LogP contribution in [0.25, 0.3) is 0 Å². The summed E-state index contributed by atoms with van der Waals surface area (Å²) in [6.45, 7) is 2.86. The number of halogens is 1. The standard InChI is InChI=1S/C14H16ClN3/c1-2-14(11-5-3-6-12(15)9-11)16-10-13-7-4-8-17-18-13/h3-9,14,16H,2,10H2,1H3. The van der Waals surface area contributed by atoms with Crippen molar-refractivity contribution in [3.05, 3.63) is 58.9 Å². The monoisotopic (exact) mass is 261 g/mol. The average Bonchev–Trinajstić information content (AvgIpc) is 2.41. The maximum absolute atomic E-state index is 6.01. The van der Waals surface area contributed by atoms with Gasteiger partial charge in [0.05, 0.1) is 5.69 Å². The van der Waals surface area contributed by atoms with Crippen molar-refractivity contribution < 1.29 is 0 Å². The summed E-state index contributed by atoms with van der Waals surface area (Å²) in [6.07, 6.45) is 2.68. The van der Waals surface area contributed by atoms with Crippen LogP contribution in [-0.4, -0.2) is 10.2 Å². The van der Waals surface area contributed by atoms with E-state index >= 15 is 0 Å². The molecule has 1 aromatic heterocycles. The Labute approximate surface area is 112 Å². The molecule has 1 aromatic carbocycles. The molecule has 0 amide bonds. The molecule has 1 heterocycles. The molecule has 0 aliphatic carbocycles. The average molecular weight is 262 g/mol. The van der Waals surface area contributed by atoms with Gasteiger partial charge in [0.15, 0.2) is 0 Å². The van der Waals surface area contributed by atoms with Gasteiger partial charge in [-0.2, -0.15) is 10.2 Å². The maximum atomic E-state index is 6.01. The highest BCUT2D eigenvalue weighted by Crippen LogP contribution is 2.20. The van der Waals surface area contributed by atoms with E-state index in [0.717, 1.165) is 17.1 Å². The highest BCUT2D eigenvalue weighted by atomic mass is 35.5. The molecule has 0 saturated heterocycles. The fraction of sp³-hybridized carbons (Fsp3) is 0.286. The Morgan fingerprint density at radius 2 is 2.17 bits per heavy atom. The number of nitrogens with one attached hydrogen (secondary N) is 1. The van der Waals surface area contributed by atoms with Crippen molar-refractivity contribution in [3.8, 4) is 0 Å². The first-order chi connectivity index (χ1) is 8.79. The van der Waals surface area contributed by atoms with Crippen molar-refractivity contribution in [1.82, 2.24) is 15.5 Å². The van der Waals surface area contributed by atoms with Crippen molar-refractivity contribution in [3.63, 3.8) is 0 Å². The van der Waals surface area contributed by atoms with Crippen molar-refractivity contribution in [2.24, 2.45) is 0 Å². The highest BCUT2D eigenvalue weighted by Gasteiger charge is 2.09. The highest BCUT2D eigenvalue weighted by molar-refractivity contribution is 6.30. The first kappa shape index (κ1) is 13.0. The number of benzene rings is 1. The third-order valence-electron chi connectivity index (χ3n) is 2.82. The molecular weight excluding hydrogens is 246 g/mol. The Morgan fingerprint density at radius 3 is 2.83 bits per heavy atom. The van der Waals surface area contributed by atoms with Gasteiger partial charge in [-0.25, -0.2) is 0 Å². The van der Waals surface area contributed by atoms with Crippen LogP contribution in [0, 0.1) is 0 Å². The van der Waals surface area contributed by atoms with Crippen LogP contribution in [0.1, 0.15) is 30.6 Å². The van der Waals surface area contributed by atoms with Gasteiger partial charge in [0.1, 0.15) is 0 Å². The number of hydrogen-bond donors (Lipinski definition) is 1. The fourth-order valence-electron chi connectivity index (χ4n) is 1.88. The Kier molecular flexibility index (Phi) is 4.67. The lowest BCUT2D eigenvalue weighted by Crippen LogP contribution is -2.21. The molecule has 0 aliphatic heterocycles. The largest absolute Gasteiger partial charge is 0.304 e. The molecule has 1 atom stereocenters. The summed E-state index contributed by atoms with van der Waals surface area (Å²) in [4.78, 5) is 0. The smallest absolute Gasteiger partial charge is 0.0769 e. The minimum atomic E-state index is 0.283. The SMILES string of the molecule is CCC(NCc1cccnn1)c1cccc(Cl)c1. The molecule has 18 heavy (non-hydrogen) atoms. The van der Waals surface area contributed by atoms with E-state index in [2.05, 4.69) is 28.5 Å². The first-order valence-corrected chi connectivity index (χ1v) is 6.43. The first-order valence-electron chi connectivity index (χ1n) is 6.05. The molecule has 94 valence electrons. The Hall–Kier alpha value is -1.45. The lowest BCUT2D eigenvalue weighted by Gasteiger charge is -2.17. The zero-order valence-corrected chi connectivity index (χ0v) is 11.1. The van der Waals surface area contributed by atoms with Crippen LogP contribution in [0.15, 0.2) is 42.6 Å². The van der Waals surface area contributed by atoms with Gasteiger partial charge in [-0.05, 0) is 36.2 Å². The van der Waals surface area contributed by atoms with E-state index in [1.165, 1.54) is 5.56 Å². The fourth-order valence-corrected chi connectivity index (χ4v) is 2.08. The van der Waals surface area contributed by atoms with Gasteiger partial charge < -0.3 is 5.32 Å². The second-order valence-corrected chi connectivity index (χ2v) is 4.55. The van der Waals surface area contributed by atoms with E-state index in [9.17, 15) is 0 Å². The van der Waals surface area contributed by atoms with Crippen LogP contribution in [0.5, 0.6) is 0 Å². The van der Waals surface area contributed by atoms with Crippen molar-refractivity contribution in [2.75, 3.05) is 0 Å². The predicted octanol–water partition coefficient (Wildman–Crippen LogP) is 3.37. The number of rotatable bonds is 5. The van der Waals surface area contributed by atoms with Crippen molar-refractivity contribution in [1.29, 1.82) is 0 Å². The zero-order valence-electron chi connectivity index (χ0n) is 10.3. The van der Waals surface area contributed by atoms with Crippen LogP contribution < -0.4 is 5.32 Å². The lowest BCUT2D eigenvalue weighted by molar-refractivity contribution is 0.512. The summed E-state index contributed by atoms with van der Waals surface area (Å²) in [5.41, 5.74) is 2.15. The Bertz CT molecular complexity index is 487. The number of aromatic nitrogens is 2. The molecule has 0 aliphatic rings. The van der Waals surface area contributed by atoms with E-state index in [1.807, 2.05) is 30.3 Å². The second-order valence-electron chi connectivity index (χ2n) is 4.11. The third-order valence-corrected chi connectivity index (χ3v) is 3.05. The van der Waals surface area contributed by atoms with Crippen LogP contribution in [0.3, 0.4) is 0 Å². The van der Waals surface area contributed by atoms with E-state index in [4.69, 9.17) is 11.6 Å². The molecule has 1 N–H and O–H groups in total. The van der Waals surface area contributed by atoms with Crippen molar-refractivity contribution >= 4 is 11.6 Å². The molecule has 1 unspecified atom stereocenters. The summed E-state index contributed by atoms with van der Waals surface area (Å²) >= 11 is 6.01. The van der Waals surface area contributed by atoms with Gasteiger partial charge in [0, 0.05) is 23.8 Å². The quantitative estimate of drug-likeness (QED) is 0.897. The molecular formula is C14H16ClN3. The van der Waals surface area contributed by atoms with Crippen LogP contribution in [0.2, 0.25) is 5.02 Å². The van der Waals surface area contributed by atoms with Crippen LogP contribution in [0.4, 0.5) is 0 Å². The van der Waals surface area contributed by atoms with Gasteiger partial charge in [-0.3, -0.25) is 0 Å². The molecule has 2 aromatic rings. The van der Waals surface area contributed by atoms with E-state index in [0.29, 0.717) is 6.54 Å². The van der Waals surface area contributed by atoms with Crippen LogP contribution in [-0.2, 0) is 6.54 Å². The summed E-state index contributed by atoms with van der Waals surface area (Å²) in [7, 11) is 0. The second kappa shape index (κ2) is 6.47. The van der Waals surface area contributed by atoms with Gasteiger partial charge in [0.2, 0.25) is 0 Å². The predicted molar refractivity (Wildman–Crippen MR) is 73.4 cm³/mol. The number of hydrogen-bond acceptors (Lipinski definition) is 3. The van der Waals surface area contributed by atoms with E-state index in [1.54, 1.807) is 6.20 Å². The molecule has 0 radical (unpaired) electrons. The Balaban J connectivity index is 2.02. The van der Waals surface area contributed by atoms with Gasteiger partial charge in [0.25, 0.3) is 0 Å². The molecule has 0 spiro atoms. The van der Waals surface area contributed by atoms with Crippen LogP contribution >= 0.6 is 11.6 Å².